The van der Waals surface area contributed by atoms with Crippen LogP contribution in [0, 0.1) is 6.92 Å². The molecule has 1 aromatic carbocycles. The molecular weight excluding hydrogens is 195 g/mol. The number of hydrogen-bond acceptors (Lipinski definition) is 0. The molecule has 0 nitrogen and oxygen atoms in total. The molecule has 0 aliphatic rings. The van der Waals surface area contributed by atoms with Gasteiger partial charge in [-0.3, -0.25) is 0 Å². The molecule has 0 bridgehead atoms. The van der Waals surface area contributed by atoms with E-state index < -0.39 is 0 Å². The van der Waals surface area contributed by atoms with Crippen LogP contribution in [0.2, 0.25) is 0 Å². The summed E-state index contributed by atoms with van der Waals surface area (Å²) in [5.41, 5.74) is 1.29. The van der Waals surface area contributed by atoms with E-state index >= 15 is 0 Å². The zero-order valence-electron chi connectivity index (χ0n) is 5.39. The van der Waals surface area contributed by atoms with Gasteiger partial charge in [0.1, 0.15) is 0 Å². The monoisotopic (exact) mass is 204 g/mol. The molecule has 1 aromatic rings. The van der Waals surface area contributed by atoms with Crippen molar-refractivity contribution >= 4 is 25.8 Å². The Kier molecular flexibility index (Phi) is 4.09. The van der Waals surface area contributed by atoms with E-state index in [2.05, 4.69) is 35.0 Å². The summed E-state index contributed by atoms with van der Waals surface area (Å²) in [4.78, 5) is 0. The van der Waals surface area contributed by atoms with Crippen LogP contribution in [0.25, 0.3) is 0 Å². The third kappa shape index (κ3) is 2.98. The van der Waals surface area contributed by atoms with Crippen molar-refractivity contribution in [1.82, 2.24) is 0 Å². The van der Waals surface area contributed by atoms with Gasteiger partial charge in [-0.15, -0.1) is 0 Å². The molecule has 0 aliphatic heterocycles. The Morgan fingerprint density at radius 1 is 1.33 bits per heavy atom. The molecule has 0 aromatic heterocycles. The fraction of sp³-hybridized carbons (Fsp3) is 0.143. The van der Waals surface area contributed by atoms with Gasteiger partial charge in [-0.25, -0.2) is 0 Å². The first-order valence-corrected chi connectivity index (χ1v) is 3.30. The second-order valence-corrected chi connectivity index (χ2v) is 2.71. The van der Waals surface area contributed by atoms with E-state index in [9.17, 15) is 0 Å². The van der Waals surface area contributed by atoms with Crippen LogP contribution in [-0.4, -0.2) is 0 Å². The van der Waals surface area contributed by atoms with Crippen molar-refractivity contribution in [2.75, 3.05) is 0 Å². The van der Waals surface area contributed by atoms with Crippen molar-refractivity contribution in [2.24, 2.45) is 0 Å². The Morgan fingerprint density at radius 2 is 2.00 bits per heavy atom. The number of halogens is 1. The van der Waals surface area contributed by atoms with Crippen molar-refractivity contribution in [2.45, 2.75) is 6.92 Å². The Labute approximate surface area is 67.4 Å². The molecule has 2 heteroatoms. The molecule has 0 saturated carbocycles. The fourth-order valence-corrected chi connectivity index (χ4v) is 1.12. The van der Waals surface area contributed by atoms with E-state index in [0.29, 0.717) is 0 Å². The van der Waals surface area contributed by atoms with Crippen molar-refractivity contribution in [3.63, 3.8) is 0 Å². The van der Waals surface area contributed by atoms with Crippen LogP contribution < -0.4 is 0 Å². The lowest BCUT2D eigenvalue weighted by molar-refractivity contribution is 1.45. The highest BCUT2D eigenvalue weighted by molar-refractivity contribution is 9.10. The van der Waals surface area contributed by atoms with Crippen LogP contribution in [0.1, 0.15) is 5.56 Å². The van der Waals surface area contributed by atoms with Crippen molar-refractivity contribution in [3.05, 3.63) is 34.3 Å². The Hall–Kier alpha value is 0.130. The second kappa shape index (κ2) is 4.03. The second-order valence-electron chi connectivity index (χ2n) is 1.80. The summed E-state index contributed by atoms with van der Waals surface area (Å²) in [5, 5.41) is 0. The van der Waals surface area contributed by atoms with E-state index in [-0.39, 0.29) is 9.90 Å². The SMILES string of the molecule is Cc1cccc(Br)c1.P. The van der Waals surface area contributed by atoms with Crippen molar-refractivity contribution < 1.29 is 0 Å². The average Bonchev–Trinajstić information content (AvgIpc) is 1.64. The summed E-state index contributed by atoms with van der Waals surface area (Å²) in [6.45, 7) is 2.07. The minimum absolute atomic E-state index is 0. The lowest BCUT2D eigenvalue weighted by Gasteiger charge is -1.89. The van der Waals surface area contributed by atoms with E-state index in [0.717, 1.165) is 4.47 Å². The van der Waals surface area contributed by atoms with E-state index in [1.54, 1.807) is 0 Å². The van der Waals surface area contributed by atoms with Crippen molar-refractivity contribution in [1.29, 1.82) is 0 Å². The summed E-state index contributed by atoms with van der Waals surface area (Å²) in [6, 6.07) is 8.21. The fourth-order valence-electron chi connectivity index (χ4n) is 0.606. The molecule has 1 unspecified atom stereocenters. The lowest BCUT2D eigenvalue weighted by Crippen LogP contribution is -1.67. The number of hydrogen-bond donors (Lipinski definition) is 0. The summed E-state index contributed by atoms with van der Waals surface area (Å²) in [7, 11) is 0. The van der Waals surface area contributed by atoms with Gasteiger partial charge in [0.05, 0.1) is 0 Å². The van der Waals surface area contributed by atoms with Gasteiger partial charge in [0.15, 0.2) is 0 Å². The smallest absolute Gasteiger partial charge is 0.0177 e. The highest BCUT2D eigenvalue weighted by Gasteiger charge is 1.82. The van der Waals surface area contributed by atoms with Gasteiger partial charge < -0.3 is 0 Å². The molecule has 0 saturated heterocycles. The topological polar surface area (TPSA) is 0 Å². The first kappa shape index (κ1) is 9.13. The zero-order valence-corrected chi connectivity index (χ0v) is 8.39. The quantitative estimate of drug-likeness (QED) is 0.571. The molecule has 0 heterocycles. The molecule has 0 N–H and O–H groups in total. The number of benzene rings is 1. The molecule has 0 spiro atoms. The highest BCUT2D eigenvalue weighted by atomic mass is 79.9. The van der Waals surface area contributed by atoms with Crippen LogP contribution in [0.4, 0.5) is 0 Å². The molecule has 1 atom stereocenters. The van der Waals surface area contributed by atoms with Gasteiger partial charge in [-0.2, -0.15) is 9.90 Å². The summed E-state index contributed by atoms with van der Waals surface area (Å²) >= 11 is 3.36. The van der Waals surface area contributed by atoms with Gasteiger partial charge in [-0.05, 0) is 19.1 Å². The maximum atomic E-state index is 3.36. The first-order valence-electron chi connectivity index (χ1n) is 2.51. The normalized spacial score (nSPS) is 8.22. The summed E-state index contributed by atoms with van der Waals surface area (Å²) < 4.78 is 1.15. The van der Waals surface area contributed by atoms with E-state index in [4.69, 9.17) is 0 Å². The number of rotatable bonds is 0. The maximum Gasteiger partial charge on any atom is 0.0177 e. The van der Waals surface area contributed by atoms with Gasteiger partial charge in [0.2, 0.25) is 0 Å². The molecule has 0 radical (unpaired) electrons. The van der Waals surface area contributed by atoms with Crippen LogP contribution in [0.15, 0.2) is 28.7 Å². The first-order chi connectivity index (χ1) is 3.79. The Bertz CT molecular complexity index is 169. The standard InChI is InChI=1S/C7H7Br.H3P/c1-6-3-2-4-7(8)5-6;/h2-5H,1H3;1H3. The van der Waals surface area contributed by atoms with Crippen LogP contribution >= 0.6 is 25.8 Å². The third-order valence-corrected chi connectivity index (χ3v) is 1.47. The average molecular weight is 205 g/mol. The molecule has 0 aliphatic carbocycles. The molecule has 0 amide bonds. The minimum Gasteiger partial charge on any atom is -0.153 e. The predicted molar refractivity (Wildman–Crippen MR) is 50.0 cm³/mol. The maximum absolute atomic E-state index is 3.36. The van der Waals surface area contributed by atoms with Gasteiger partial charge >= 0.3 is 0 Å². The zero-order chi connectivity index (χ0) is 5.98. The molecule has 0 fully saturated rings. The Morgan fingerprint density at radius 3 is 2.33 bits per heavy atom. The van der Waals surface area contributed by atoms with Crippen LogP contribution in [0.5, 0.6) is 0 Å². The predicted octanol–water partition coefficient (Wildman–Crippen LogP) is 2.82. The van der Waals surface area contributed by atoms with E-state index in [1.807, 2.05) is 12.1 Å². The molecule has 9 heavy (non-hydrogen) atoms. The molecular formula is C7H10BrP. The van der Waals surface area contributed by atoms with Crippen LogP contribution in [-0.2, 0) is 0 Å². The van der Waals surface area contributed by atoms with Gasteiger partial charge in [0, 0.05) is 4.47 Å². The largest absolute Gasteiger partial charge is 0.153 e. The minimum atomic E-state index is 0. The number of aryl methyl sites for hydroxylation is 1. The van der Waals surface area contributed by atoms with E-state index in [1.165, 1.54) is 5.56 Å². The third-order valence-electron chi connectivity index (χ3n) is 0.980. The van der Waals surface area contributed by atoms with Crippen LogP contribution in [0.3, 0.4) is 0 Å². The highest BCUT2D eigenvalue weighted by Crippen LogP contribution is 2.09. The Balaban J connectivity index is 0.000000640. The molecule has 50 valence electrons. The van der Waals surface area contributed by atoms with Gasteiger partial charge in [-0.1, -0.05) is 33.6 Å². The summed E-state index contributed by atoms with van der Waals surface area (Å²) in [6.07, 6.45) is 0. The summed E-state index contributed by atoms with van der Waals surface area (Å²) in [5.74, 6) is 0. The van der Waals surface area contributed by atoms with Gasteiger partial charge in [0.25, 0.3) is 0 Å². The lowest BCUT2D eigenvalue weighted by atomic mass is 10.2. The van der Waals surface area contributed by atoms with Crippen molar-refractivity contribution in [3.8, 4) is 0 Å². The molecule has 1 rings (SSSR count).